The standard InChI is InChI=1S/C15H22N2O2S/c1-5-8-17(13-6-7-13)20(18,19)15-11(3)9-10(2)14(16)12(15)4/h5,9,13H,1,6-8,16H2,2-4H3. The molecule has 0 saturated heterocycles. The number of nitrogens with two attached hydrogens (primary N) is 1. The van der Waals surface area contributed by atoms with Crippen molar-refractivity contribution in [3.8, 4) is 0 Å². The van der Waals surface area contributed by atoms with E-state index in [1.807, 2.05) is 19.9 Å². The van der Waals surface area contributed by atoms with Crippen molar-refractivity contribution >= 4 is 15.7 Å². The van der Waals surface area contributed by atoms with Crippen molar-refractivity contribution in [1.82, 2.24) is 4.31 Å². The normalized spacial score (nSPS) is 15.6. The summed E-state index contributed by atoms with van der Waals surface area (Å²) in [5.74, 6) is 0. The minimum absolute atomic E-state index is 0.110. The first-order valence-electron chi connectivity index (χ1n) is 6.79. The van der Waals surface area contributed by atoms with Crippen LogP contribution in [0.1, 0.15) is 29.5 Å². The van der Waals surface area contributed by atoms with Gasteiger partial charge < -0.3 is 5.73 Å². The van der Waals surface area contributed by atoms with E-state index in [4.69, 9.17) is 5.73 Å². The summed E-state index contributed by atoms with van der Waals surface area (Å²) in [4.78, 5) is 0.356. The lowest BCUT2D eigenvalue weighted by molar-refractivity contribution is 0.435. The van der Waals surface area contributed by atoms with Crippen molar-refractivity contribution in [3.63, 3.8) is 0 Å². The third kappa shape index (κ3) is 2.47. The average molecular weight is 294 g/mol. The number of aryl methyl sites for hydroxylation is 2. The van der Waals surface area contributed by atoms with E-state index in [0.717, 1.165) is 24.0 Å². The van der Waals surface area contributed by atoms with Crippen LogP contribution in [-0.2, 0) is 10.0 Å². The van der Waals surface area contributed by atoms with Gasteiger partial charge in [0, 0.05) is 18.3 Å². The zero-order chi connectivity index (χ0) is 15.1. The molecule has 0 heterocycles. The monoisotopic (exact) mass is 294 g/mol. The van der Waals surface area contributed by atoms with Gasteiger partial charge in [0.15, 0.2) is 0 Å². The van der Waals surface area contributed by atoms with Gasteiger partial charge in [-0.3, -0.25) is 0 Å². The van der Waals surface area contributed by atoms with Gasteiger partial charge in [-0.2, -0.15) is 4.31 Å². The lowest BCUT2D eigenvalue weighted by Gasteiger charge is -2.23. The Morgan fingerprint density at radius 2 is 1.95 bits per heavy atom. The van der Waals surface area contributed by atoms with Crippen LogP contribution in [0, 0.1) is 20.8 Å². The maximum absolute atomic E-state index is 12.9. The largest absolute Gasteiger partial charge is 0.398 e. The van der Waals surface area contributed by atoms with Crippen LogP contribution in [0.2, 0.25) is 0 Å². The molecule has 0 amide bonds. The first-order valence-corrected chi connectivity index (χ1v) is 8.23. The molecule has 2 N–H and O–H groups in total. The lowest BCUT2D eigenvalue weighted by Crippen LogP contribution is -2.34. The molecule has 0 spiro atoms. The third-order valence-corrected chi connectivity index (χ3v) is 6.00. The van der Waals surface area contributed by atoms with Gasteiger partial charge in [-0.05, 0) is 50.3 Å². The Morgan fingerprint density at radius 3 is 2.45 bits per heavy atom. The smallest absolute Gasteiger partial charge is 0.244 e. The highest BCUT2D eigenvalue weighted by Crippen LogP contribution is 2.36. The first kappa shape index (κ1) is 15.1. The van der Waals surface area contributed by atoms with Crippen LogP contribution in [0.5, 0.6) is 0 Å². The minimum Gasteiger partial charge on any atom is -0.398 e. The molecule has 110 valence electrons. The van der Waals surface area contributed by atoms with Crippen molar-refractivity contribution in [3.05, 3.63) is 35.4 Å². The number of sulfonamides is 1. The maximum Gasteiger partial charge on any atom is 0.244 e. The van der Waals surface area contributed by atoms with Gasteiger partial charge in [0.25, 0.3) is 0 Å². The molecule has 0 radical (unpaired) electrons. The molecule has 1 aliphatic carbocycles. The predicted molar refractivity (Wildman–Crippen MR) is 82.2 cm³/mol. The molecule has 2 rings (SSSR count). The van der Waals surface area contributed by atoms with Crippen LogP contribution in [0.4, 0.5) is 5.69 Å². The highest BCUT2D eigenvalue weighted by molar-refractivity contribution is 7.89. The van der Waals surface area contributed by atoms with Crippen LogP contribution in [0.15, 0.2) is 23.6 Å². The molecule has 0 atom stereocenters. The molecule has 5 heteroatoms. The lowest BCUT2D eigenvalue weighted by atomic mass is 10.1. The first-order chi connectivity index (χ1) is 9.30. The van der Waals surface area contributed by atoms with E-state index in [2.05, 4.69) is 6.58 Å². The third-order valence-electron chi connectivity index (χ3n) is 3.79. The van der Waals surface area contributed by atoms with E-state index in [-0.39, 0.29) is 6.04 Å². The van der Waals surface area contributed by atoms with Crippen LogP contribution in [-0.4, -0.2) is 25.3 Å². The highest BCUT2D eigenvalue weighted by Gasteiger charge is 2.38. The molecule has 1 aromatic carbocycles. The fourth-order valence-corrected chi connectivity index (χ4v) is 4.73. The second kappa shape index (κ2) is 5.22. The molecular formula is C15H22N2O2S. The number of rotatable bonds is 5. The summed E-state index contributed by atoms with van der Waals surface area (Å²) in [6, 6.07) is 1.95. The zero-order valence-corrected chi connectivity index (χ0v) is 13.1. The molecule has 1 aromatic rings. The van der Waals surface area contributed by atoms with Crippen molar-refractivity contribution in [2.24, 2.45) is 0 Å². The molecule has 1 saturated carbocycles. The van der Waals surface area contributed by atoms with E-state index >= 15 is 0 Å². The number of nitrogens with zero attached hydrogens (tertiary/aromatic N) is 1. The summed E-state index contributed by atoms with van der Waals surface area (Å²) in [6.45, 7) is 9.51. The van der Waals surface area contributed by atoms with Gasteiger partial charge >= 0.3 is 0 Å². The van der Waals surface area contributed by atoms with Crippen molar-refractivity contribution in [1.29, 1.82) is 0 Å². The van der Waals surface area contributed by atoms with Crippen molar-refractivity contribution < 1.29 is 8.42 Å². The summed E-state index contributed by atoms with van der Waals surface area (Å²) in [5.41, 5.74) is 8.89. The number of hydrogen-bond donors (Lipinski definition) is 1. The predicted octanol–water partition coefficient (Wildman–Crippen LogP) is 2.53. The van der Waals surface area contributed by atoms with Crippen molar-refractivity contribution in [2.75, 3.05) is 12.3 Å². The molecule has 0 aliphatic heterocycles. The van der Waals surface area contributed by atoms with E-state index in [1.165, 1.54) is 0 Å². The second-order valence-corrected chi connectivity index (χ2v) is 7.30. The molecule has 0 aromatic heterocycles. The molecule has 0 unspecified atom stereocenters. The average Bonchev–Trinajstić information content (AvgIpc) is 3.16. The maximum atomic E-state index is 12.9. The van der Waals surface area contributed by atoms with Gasteiger partial charge in [0.1, 0.15) is 0 Å². The fraction of sp³-hybridized carbons (Fsp3) is 0.467. The summed E-state index contributed by atoms with van der Waals surface area (Å²) in [5, 5.41) is 0. The Hall–Kier alpha value is -1.33. The summed E-state index contributed by atoms with van der Waals surface area (Å²) in [7, 11) is -3.52. The molecule has 1 fully saturated rings. The Bertz CT molecular complexity index is 646. The number of nitrogen functional groups attached to an aromatic ring is 1. The van der Waals surface area contributed by atoms with Gasteiger partial charge in [0.05, 0.1) is 4.90 Å². The summed E-state index contributed by atoms with van der Waals surface area (Å²) >= 11 is 0. The van der Waals surface area contributed by atoms with Crippen LogP contribution in [0.3, 0.4) is 0 Å². The number of anilines is 1. The Kier molecular flexibility index (Phi) is 3.93. The van der Waals surface area contributed by atoms with Crippen LogP contribution in [0.25, 0.3) is 0 Å². The quantitative estimate of drug-likeness (QED) is 0.670. The van der Waals surface area contributed by atoms with Crippen LogP contribution >= 0.6 is 0 Å². The van der Waals surface area contributed by atoms with Crippen LogP contribution < -0.4 is 5.73 Å². The Balaban J connectivity index is 2.59. The summed E-state index contributed by atoms with van der Waals surface area (Å²) < 4.78 is 27.4. The Morgan fingerprint density at radius 1 is 1.35 bits per heavy atom. The minimum atomic E-state index is -3.52. The number of hydrogen-bond acceptors (Lipinski definition) is 3. The highest BCUT2D eigenvalue weighted by atomic mass is 32.2. The van der Waals surface area contributed by atoms with E-state index in [0.29, 0.717) is 22.7 Å². The zero-order valence-electron chi connectivity index (χ0n) is 12.3. The molecule has 20 heavy (non-hydrogen) atoms. The Labute approximate surface area is 121 Å². The number of benzene rings is 1. The van der Waals surface area contributed by atoms with Gasteiger partial charge in [-0.15, -0.1) is 6.58 Å². The molecule has 1 aliphatic rings. The topological polar surface area (TPSA) is 63.4 Å². The molecule has 0 bridgehead atoms. The van der Waals surface area contributed by atoms with E-state index < -0.39 is 10.0 Å². The second-order valence-electron chi connectivity index (χ2n) is 5.47. The summed E-state index contributed by atoms with van der Waals surface area (Å²) in [6.07, 6.45) is 3.48. The van der Waals surface area contributed by atoms with Gasteiger partial charge in [-0.25, -0.2) is 8.42 Å². The fourth-order valence-electron chi connectivity index (χ4n) is 2.63. The SMILES string of the molecule is C=CCN(C1CC1)S(=O)(=O)c1c(C)cc(C)c(N)c1C. The van der Waals surface area contributed by atoms with Gasteiger partial charge in [0.2, 0.25) is 10.0 Å². The van der Waals surface area contributed by atoms with E-state index in [9.17, 15) is 8.42 Å². The molecule has 4 nitrogen and oxygen atoms in total. The molecular weight excluding hydrogens is 272 g/mol. The van der Waals surface area contributed by atoms with Gasteiger partial charge in [-0.1, -0.05) is 12.1 Å². The van der Waals surface area contributed by atoms with Crippen molar-refractivity contribution in [2.45, 2.75) is 44.6 Å². The van der Waals surface area contributed by atoms with E-state index in [1.54, 1.807) is 17.3 Å².